The van der Waals surface area contributed by atoms with Crippen LogP contribution in [0.5, 0.6) is 0 Å². The summed E-state index contributed by atoms with van der Waals surface area (Å²) < 4.78 is 6.01. The van der Waals surface area contributed by atoms with Gasteiger partial charge in [0.1, 0.15) is 6.61 Å². The van der Waals surface area contributed by atoms with Gasteiger partial charge in [-0.25, -0.2) is 4.79 Å². The van der Waals surface area contributed by atoms with Gasteiger partial charge in [0.2, 0.25) is 0 Å². The van der Waals surface area contributed by atoms with E-state index in [4.69, 9.17) is 4.74 Å². The first-order valence-electron chi connectivity index (χ1n) is 12.7. The van der Waals surface area contributed by atoms with Crippen molar-refractivity contribution >= 4 is 11.7 Å². The Balaban J connectivity index is 1.19. The van der Waals surface area contributed by atoms with Crippen molar-refractivity contribution in [2.45, 2.75) is 55.7 Å². The molecule has 4 heteroatoms. The standard InChI is InChI=1S/C31H31NO3/c1-21(22-10-3-2-4-11-22)31(34)18-23-12-9-13-24(19-31)32(23)30(33)35-20-29-27-16-7-5-14-25(27)26-15-6-8-17-28(26)29/h2-8,10-11,14-17,23-24,29,34H,1,9,12-13,18-20H2. The summed E-state index contributed by atoms with van der Waals surface area (Å²) in [6, 6.07) is 26.6. The van der Waals surface area contributed by atoms with Gasteiger partial charge in [0, 0.05) is 30.8 Å². The normalized spacial score (nSPS) is 25.0. The Morgan fingerprint density at radius 2 is 1.43 bits per heavy atom. The van der Waals surface area contributed by atoms with Crippen LogP contribution in [0.25, 0.3) is 16.7 Å². The van der Waals surface area contributed by atoms with Crippen LogP contribution in [0.1, 0.15) is 54.7 Å². The number of piperidine rings is 2. The lowest BCUT2D eigenvalue weighted by Crippen LogP contribution is -2.60. The van der Waals surface area contributed by atoms with Crippen LogP contribution in [0.3, 0.4) is 0 Å². The number of nitrogens with zero attached hydrogens (tertiary/aromatic N) is 1. The topological polar surface area (TPSA) is 49.8 Å². The fraction of sp³-hybridized carbons (Fsp3) is 0.323. The fourth-order valence-corrected chi connectivity index (χ4v) is 6.55. The van der Waals surface area contributed by atoms with Crippen molar-refractivity contribution in [1.29, 1.82) is 0 Å². The summed E-state index contributed by atoms with van der Waals surface area (Å²) in [5, 5.41) is 11.6. The van der Waals surface area contributed by atoms with E-state index in [2.05, 4.69) is 55.1 Å². The zero-order chi connectivity index (χ0) is 24.0. The Morgan fingerprint density at radius 3 is 2.03 bits per heavy atom. The van der Waals surface area contributed by atoms with Gasteiger partial charge in [-0.3, -0.25) is 0 Å². The van der Waals surface area contributed by atoms with E-state index < -0.39 is 5.60 Å². The van der Waals surface area contributed by atoms with Crippen LogP contribution in [-0.4, -0.2) is 40.4 Å². The number of amides is 1. The van der Waals surface area contributed by atoms with Crippen molar-refractivity contribution in [1.82, 2.24) is 4.90 Å². The molecule has 1 amide bonds. The number of carbonyl (C=O) groups is 1. The molecular weight excluding hydrogens is 434 g/mol. The molecule has 3 aromatic carbocycles. The van der Waals surface area contributed by atoms with Crippen LogP contribution in [0.4, 0.5) is 4.79 Å². The third kappa shape index (κ3) is 3.77. The van der Waals surface area contributed by atoms with E-state index in [0.717, 1.165) is 30.4 Å². The van der Waals surface area contributed by atoms with E-state index in [1.54, 1.807) is 0 Å². The molecule has 6 rings (SSSR count). The van der Waals surface area contributed by atoms with Crippen LogP contribution < -0.4 is 0 Å². The van der Waals surface area contributed by atoms with E-state index in [-0.39, 0.29) is 24.1 Å². The highest BCUT2D eigenvalue weighted by molar-refractivity contribution is 5.79. The predicted octanol–water partition coefficient (Wildman–Crippen LogP) is 6.40. The number of carbonyl (C=O) groups excluding carboxylic acids is 1. The number of benzene rings is 3. The first-order valence-corrected chi connectivity index (χ1v) is 12.7. The summed E-state index contributed by atoms with van der Waals surface area (Å²) in [6.45, 7) is 4.59. The Kier molecular flexibility index (Phi) is 5.49. The number of fused-ring (bicyclic) bond motifs is 5. The van der Waals surface area contributed by atoms with Crippen molar-refractivity contribution in [3.05, 3.63) is 102 Å². The average Bonchev–Trinajstić information content (AvgIpc) is 3.20. The van der Waals surface area contributed by atoms with Gasteiger partial charge in [0.15, 0.2) is 0 Å². The van der Waals surface area contributed by atoms with Crippen molar-refractivity contribution in [3.63, 3.8) is 0 Å². The van der Waals surface area contributed by atoms with E-state index in [9.17, 15) is 9.90 Å². The van der Waals surface area contributed by atoms with E-state index in [0.29, 0.717) is 19.4 Å². The zero-order valence-electron chi connectivity index (χ0n) is 19.9. The fourth-order valence-electron chi connectivity index (χ4n) is 6.55. The Hall–Kier alpha value is -3.37. The maximum absolute atomic E-state index is 13.4. The number of aliphatic hydroxyl groups is 1. The van der Waals surface area contributed by atoms with Gasteiger partial charge in [-0.1, -0.05) is 85.4 Å². The van der Waals surface area contributed by atoms with Crippen LogP contribution in [-0.2, 0) is 4.74 Å². The largest absolute Gasteiger partial charge is 0.448 e. The van der Waals surface area contributed by atoms with Gasteiger partial charge in [-0.15, -0.1) is 0 Å². The number of rotatable bonds is 4. The zero-order valence-corrected chi connectivity index (χ0v) is 19.9. The molecule has 4 nitrogen and oxygen atoms in total. The SMILES string of the molecule is C=C(c1ccccc1)C1(O)CC2CCCC(C1)N2C(=O)OCC1c2ccccc2-c2ccccc21. The summed E-state index contributed by atoms with van der Waals surface area (Å²) in [6.07, 6.45) is 3.57. The number of ether oxygens (including phenoxy) is 1. The lowest BCUT2D eigenvalue weighted by Gasteiger charge is -2.52. The van der Waals surface area contributed by atoms with Crippen molar-refractivity contribution in [2.24, 2.45) is 0 Å². The van der Waals surface area contributed by atoms with Crippen molar-refractivity contribution < 1.29 is 14.6 Å². The Bertz CT molecular complexity index is 1210. The van der Waals surface area contributed by atoms with Crippen LogP contribution in [0.2, 0.25) is 0 Å². The molecule has 2 heterocycles. The number of hydrogen-bond acceptors (Lipinski definition) is 3. The minimum absolute atomic E-state index is 0.0383. The molecule has 35 heavy (non-hydrogen) atoms. The quantitative estimate of drug-likeness (QED) is 0.485. The highest BCUT2D eigenvalue weighted by Gasteiger charge is 2.49. The van der Waals surface area contributed by atoms with E-state index >= 15 is 0 Å². The molecule has 2 fully saturated rings. The van der Waals surface area contributed by atoms with Gasteiger partial charge < -0.3 is 14.7 Å². The molecule has 0 radical (unpaired) electrons. The highest BCUT2D eigenvalue weighted by atomic mass is 16.6. The van der Waals surface area contributed by atoms with E-state index in [1.807, 2.05) is 35.2 Å². The second-order valence-corrected chi connectivity index (χ2v) is 10.2. The van der Waals surface area contributed by atoms with Gasteiger partial charge in [0.05, 0.1) is 5.60 Å². The molecule has 0 saturated carbocycles. The molecule has 2 unspecified atom stereocenters. The molecular formula is C31H31NO3. The van der Waals surface area contributed by atoms with Gasteiger partial charge in [-0.2, -0.15) is 0 Å². The van der Waals surface area contributed by atoms with E-state index in [1.165, 1.54) is 22.3 Å². The Labute approximate surface area is 206 Å². The molecule has 178 valence electrons. The smallest absolute Gasteiger partial charge is 0.410 e. The Morgan fingerprint density at radius 1 is 0.886 bits per heavy atom. The maximum atomic E-state index is 13.4. The molecule has 2 saturated heterocycles. The summed E-state index contributed by atoms with van der Waals surface area (Å²) in [4.78, 5) is 15.4. The van der Waals surface area contributed by atoms with Gasteiger partial charge in [-0.05, 0) is 52.7 Å². The van der Waals surface area contributed by atoms with Crippen LogP contribution in [0.15, 0.2) is 85.4 Å². The van der Waals surface area contributed by atoms with Gasteiger partial charge in [0.25, 0.3) is 0 Å². The lowest BCUT2D eigenvalue weighted by atomic mass is 9.71. The monoisotopic (exact) mass is 465 g/mol. The molecule has 2 atom stereocenters. The summed E-state index contributed by atoms with van der Waals surface area (Å²) in [7, 11) is 0. The average molecular weight is 466 g/mol. The maximum Gasteiger partial charge on any atom is 0.410 e. The predicted molar refractivity (Wildman–Crippen MR) is 138 cm³/mol. The second-order valence-electron chi connectivity index (χ2n) is 10.2. The first-order chi connectivity index (χ1) is 17.0. The first kappa shape index (κ1) is 22.1. The molecule has 1 N–H and O–H groups in total. The molecule has 0 aromatic heterocycles. The van der Waals surface area contributed by atoms with Gasteiger partial charge >= 0.3 is 6.09 Å². The molecule has 2 aliphatic heterocycles. The van der Waals surface area contributed by atoms with Crippen LogP contribution in [0, 0.1) is 0 Å². The minimum atomic E-state index is -1.00. The lowest BCUT2D eigenvalue weighted by molar-refractivity contribution is -0.0539. The molecule has 1 aliphatic carbocycles. The van der Waals surface area contributed by atoms with Crippen molar-refractivity contribution in [3.8, 4) is 11.1 Å². The summed E-state index contributed by atoms with van der Waals surface area (Å²) in [5.74, 6) is 0.0470. The highest BCUT2D eigenvalue weighted by Crippen LogP contribution is 2.46. The summed E-state index contributed by atoms with van der Waals surface area (Å²) >= 11 is 0. The second kappa shape index (κ2) is 8.69. The third-order valence-corrected chi connectivity index (χ3v) is 8.24. The number of hydrogen-bond donors (Lipinski definition) is 1. The molecule has 2 bridgehead atoms. The summed E-state index contributed by atoms with van der Waals surface area (Å²) in [5.41, 5.74) is 5.59. The third-order valence-electron chi connectivity index (χ3n) is 8.24. The molecule has 0 spiro atoms. The van der Waals surface area contributed by atoms with Crippen LogP contribution >= 0.6 is 0 Å². The minimum Gasteiger partial charge on any atom is -0.448 e. The van der Waals surface area contributed by atoms with Crippen molar-refractivity contribution in [2.75, 3.05) is 6.61 Å². The molecule has 3 aromatic rings. The molecule has 3 aliphatic rings.